The average Bonchev–Trinajstić information content (AvgIpc) is 2.69. The summed E-state index contributed by atoms with van der Waals surface area (Å²) < 4.78 is 10.6. The summed E-state index contributed by atoms with van der Waals surface area (Å²) in [7, 11) is 1.34. The summed E-state index contributed by atoms with van der Waals surface area (Å²) in [5.74, 6) is 0.281. The Morgan fingerprint density at radius 3 is 2.55 bits per heavy atom. The van der Waals surface area contributed by atoms with Crippen LogP contribution in [0, 0.1) is 24.2 Å². The van der Waals surface area contributed by atoms with Crippen molar-refractivity contribution in [1.29, 1.82) is 0 Å². The van der Waals surface area contributed by atoms with Crippen LogP contribution in [0.25, 0.3) is 10.9 Å². The number of aryl methyl sites for hydroxylation is 1. The zero-order chi connectivity index (χ0) is 21.8. The van der Waals surface area contributed by atoms with E-state index in [1.54, 1.807) is 0 Å². The van der Waals surface area contributed by atoms with Crippen molar-refractivity contribution in [2.75, 3.05) is 7.11 Å². The molecular formula is C25H29NO5. The largest absolute Gasteiger partial charge is 0.465 e. The number of methoxy groups -OCH3 is 1. The fourth-order valence-electron chi connectivity index (χ4n) is 7.03. The predicted octanol–water partition coefficient (Wildman–Crippen LogP) is 4.09. The Kier molecular flexibility index (Phi) is 4.81. The fourth-order valence-corrected chi connectivity index (χ4v) is 7.03. The van der Waals surface area contributed by atoms with Gasteiger partial charge >= 0.3 is 11.9 Å². The van der Waals surface area contributed by atoms with Gasteiger partial charge in [-0.1, -0.05) is 18.2 Å². The van der Waals surface area contributed by atoms with Crippen molar-refractivity contribution < 1.29 is 24.2 Å². The Balaban J connectivity index is 1.35. The first kappa shape index (κ1) is 20.4. The number of hydrogen-bond acceptors (Lipinski definition) is 6. The van der Waals surface area contributed by atoms with Gasteiger partial charge in [0.05, 0.1) is 35.9 Å². The third-order valence-electron chi connectivity index (χ3n) is 7.66. The second-order valence-electron chi connectivity index (χ2n) is 10.1. The molecule has 1 aromatic carbocycles. The van der Waals surface area contributed by atoms with Gasteiger partial charge in [-0.2, -0.15) is 0 Å². The highest BCUT2D eigenvalue weighted by Crippen LogP contribution is 2.62. The molecule has 0 aliphatic heterocycles. The molecule has 0 unspecified atom stereocenters. The molecule has 31 heavy (non-hydrogen) atoms. The van der Waals surface area contributed by atoms with Crippen LogP contribution in [0.5, 0.6) is 0 Å². The first-order chi connectivity index (χ1) is 14.8. The van der Waals surface area contributed by atoms with Gasteiger partial charge in [0.25, 0.3) is 0 Å². The maximum atomic E-state index is 12.9. The number of nitrogens with zero attached hydrogens (tertiary/aromatic N) is 1. The van der Waals surface area contributed by atoms with E-state index in [0.29, 0.717) is 35.9 Å². The molecule has 4 fully saturated rings. The van der Waals surface area contributed by atoms with Crippen LogP contribution in [0.3, 0.4) is 0 Å². The molecule has 4 aliphatic rings. The number of para-hydroxylation sites is 1. The van der Waals surface area contributed by atoms with E-state index in [2.05, 4.69) is 4.98 Å². The highest BCUT2D eigenvalue weighted by Gasteiger charge is 2.57. The Morgan fingerprint density at radius 2 is 1.87 bits per heavy atom. The third-order valence-corrected chi connectivity index (χ3v) is 7.66. The van der Waals surface area contributed by atoms with Gasteiger partial charge in [-0.25, -0.2) is 9.78 Å². The Hall–Kier alpha value is -2.47. The lowest BCUT2D eigenvalue weighted by Crippen LogP contribution is -2.56. The van der Waals surface area contributed by atoms with Crippen LogP contribution >= 0.6 is 0 Å². The SMILES string of the molecule is COC(=O)c1c(COC(=O)CC23C[C@H]4C[C@@H](CC(O)(C4)C2)C3)nc2ccccc2c1C. The zero-order valence-corrected chi connectivity index (χ0v) is 18.1. The van der Waals surface area contributed by atoms with E-state index in [-0.39, 0.29) is 18.0 Å². The van der Waals surface area contributed by atoms with Crippen LogP contribution in [-0.4, -0.2) is 34.7 Å². The molecule has 6 nitrogen and oxygen atoms in total. The third kappa shape index (κ3) is 3.61. The van der Waals surface area contributed by atoms with Crippen LogP contribution in [0.15, 0.2) is 24.3 Å². The molecule has 1 heterocycles. The zero-order valence-electron chi connectivity index (χ0n) is 18.1. The molecule has 6 heteroatoms. The quantitative estimate of drug-likeness (QED) is 0.729. The molecule has 0 amide bonds. The standard InChI is InChI=1S/C25H29NO5/c1-15-18-5-3-4-6-19(18)26-20(22(15)23(28)30-2)13-31-21(27)12-24-8-16-7-17(9-24)11-25(29,10-16)14-24/h3-6,16-17,29H,7-14H2,1-2H3/t16-,17-,24?,25?/m1/s1. The van der Waals surface area contributed by atoms with Crippen molar-refractivity contribution in [1.82, 2.24) is 4.98 Å². The van der Waals surface area contributed by atoms with Gasteiger partial charge in [-0.05, 0) is 74.3 Å². The number of aliphatic hydroxyl groups is 1. The van der Waals surface area contributed by atoms with Crippen LogP contribution in [0.2, 0.25) is 0 Å². The number of rotatable bonds is 5. The summed E-state index contributed by atoms with van der Waals surface area (Å²) in [4.78, 5) is 29.9. The minimum atomic E-state index is -0.598. The van der Waals surface area contributed by atoms with Gasteiger partial charge in [-0.15, -0.1) is 0 Å². The number of carbonyl (C=O) groups excluding carboxylic acids is 2. The van der Waals surface area contributed by atoms with Crippen molar-refractivity contribution in [2.45, 2.75) is 64.1 Å². The van der Waals surface area contributed by atoms with Gasteiger partial charge in [0.2, 0.25) is 0 Å². The Labute approximate surface area is 181 Å². The van der Waals surface area contributed by atoms with E-state index in [1.165, 1.54) is 13.5 Å². The number of carbonyl (C=O) groups is 2. The second kappa shape index (κ2) is 7.30. The van der Waals surface area contributed by atoms with E-state index in [4.69, 9.17) is 9.47 Å². The summed E-state index contributed by atoms with van der Waals surface area (Å²) in [6.07, 6.45) is 5.96. The molecule has 164 valence electrons. The number of esters is 2. The number of aromatic nitrogens is 1. The van der Waals surface area contributed by atoms with Gasteiger partial charge in [0.1, 0.15) is 6.61 Å². The smallest absolute Gasteiger partial charge is 0.340 e. The minimum Gasteiger partial charge on any atom is -0.465 e. The topological polar surface area (TPSA) is 85.7 Å². The lowest BCUT2D eigenvalue weighted by atomic mass is 9.47. The van der Waals surface area contributed by atoms with Crippen molar-refractivity contribution in [2.24, 2.45) is 17.3 Å². The van der Waals surface area contributed by atoms with Crippen LogP contribution in [0.4, 0.5) is 0 Å². The number of benzene rings is 1. The number of hydrogen-bond donors (Lipinski definition) is 1. The summed E-state index contributed by atoms with van der Waals surface area (Å²) in [5.41, 5.74) is 1.56. The molecule has 4 aliphatic carbocycles. The maximum Gasteiger partial charge on any atom is 0.340 e. The molecule has 1 aromatic heterocycles. The van der Waals surface area contributed by atoms with Crippen molar-refractivity contribution in [3.05, 3.63) is 41.1 Å². The first-order valence-corrected chi connectivity index (χ1v) is 11.1. The lowest BCUT2D eigenvalue weighted by Gasteiger charge is -2.60. The van der Waals surface area contributed by atoms with Gasteiger partial charge < -0.3 is 14.6 Å². The highest BCUT2D eigenvalue weighted by atomic mass is 16.5. The second-order valence-corrected chi connectivity index (χ2v) is 10.1. The maximum absolute atomic E-state index is 12.9. The Bertz CT molecular complexity index is 1050. The molecule has 4 saturated carbocycles. The number of ether oxygens (including phenoxy) is 2. The van der Waals surface area contributed by atoms with Crippen molar-refractivity contribution in [3.63, 3.8) is 0 Å². The van der Waals surface area contributed by atoms with Gasteiger partial charge in [0.15, 0.2) is 0 Å². The lowest BCUT2D eigenvalue weighted by molar-refractivity contribution is -0.177. The summed E-state index contributed by atoms with van der Waals surface area (Å²) >= 11 is 0. The Morgan fingerprint density at radius 1 is 1.16 bits per heavy atom. The number of fused-ring (bicyclic) bond motifs is 1. The summed E-state index contributed by atoms with van der Waals surface area (Å²) in [6, 6.07) is 7.58. The van der Waals surface area contributed by atoms with E-state index >= 15 is 0 Å². The molecule has 0 saturated heterocycles. The molecule has 4 bridgehead atoms. The molecule has 6 rings (SSSR count). The van der Waals surface area contributed by atoms with Gasteiger partial charge in [0, 0.05) is 5.39 Å². The van der Waals surface area contributed by atoms with Crippen LogP contribution in [0.1, 0.15) is 66.6 Å². The molecule has 0 spiro atoms. The normalized spacial score (nSPS) is 31.1. The van der Waals surface area contributed by atoms with E-state index in [0.717, 1.165) is 42.1 Å². The average molecular weight is 424 g/mol. The van der Waals surface area contributed by atoms with Gasteiger partial charge in [-0.3, -0.25) is 4.79 Å². The van der Waals surface area contributed by atoms with Crippen LogP contribution in [-0.2, 0) is 20.9 Å². The summed E-state index contributed by atoms with van der Waals surface area (Å²) in [5, 5.41) is 11.8. The molecule has 2 aromatic rings. The van der Waals surface area contributed by atoms with Crippen molar-refractivity contribution >= 4 is 22.8 Å². The molecule has 1 N–H and O–H groups in total. The number of pyridine rings is 1. The highest BCUT2D eigenvalue weighted by molar-refractivity contribution is 5.98. The minimum absolute atomic E-state index is 0.0673. The van der Waals surface area contributed by atoms with E-state index in [1.807, 2.05) is 31.2 Å². The monoisotopic (exact) mass is 423 g/mol. The summed E-state index contributed by atoms with van der Waals surface area (Å²) in [6.45, 7) is 1.79. The first-order valence-electron chi connectivity index (χ1n) is 11.1. The molecular weight excluding hydrogens is 394 g/mol. The van der Waals surface area contributed by atoms with Crippen LogP contribution < -0.4 is 0 Å². The van der Waals surface area contributed by atoms with E-state index in [9.17, 15) is 14.7 Å². The van der Waals surface area contributed by atoms with Crippen molar-refractivity contribution in [3.8, 4) is 0 Å². The molecule has 2 atom stereocenters. The van der Waals surface area contributed by atoms with E-state index < -0.39 is 11.6 Å². The predicted molar refractivity (Wildman–Crippen MR) is 114 cm³/mol. The fraction of sp³-hybridized carbons (Fsp3) is 0.560. The molecule has 0 radical (unpaired) electrons.